The van der Waals surface area contributed by atoms with Crippen molar-refractivity contribution >= 4 is 29.3 Å². The fraction of sp³-hybridized carbons (Fsp3) is 0.360. The van der Waals surface area contributed by atoms with Crippen LogP contribution in [0.5, 0.6) is 11.5 Å². The Morgan fingerprint density at radius 2 is 1.84 bits per heavy atom. The highest BCUT2D eigenvalue weighted by Gasteiger charge is 2.14. The number of allylic oxidation sites excluding steroid dienone is 1. The van der Waals surface area contributed by atoms with Crippen molar-refractivity contribution < 1.29 is 19.1 Å². The average Bonchev–Trinajstić information content (AvgIpc) is 2.83. The quantitative estimate of drug-likeness (QED) is 0.388. The Kier molecular flexibility index (Phi) is 9.04. The number of hydrogen-bond acceptors (Lipinski definition) is 5. The predicted octanol–water partition coefficient (Wildman–Crippen LogP) is 5.05. The predicted molar refractivity (Wildman–Crippen MR) is 129 cm³/mol. The van der Waals surface area contributed by atoms with Gasteiger partial charge in [-0.15, -0.1) is 11.8 Å². The average molecular weight is 455 g/mol. The Morgan fingerprint density at radius 3 is 2.59 bits per heavy atom. The first-order chi connectivity index (χ1) is 15.6. The largest absolute Gasteiger partial charge is 0.493 e. The molecule has 32 heavy (non-hydrogen) atoms. The van der Waals surface area contributed by atoms with Crippen LogP contribution in [0.3, 0.4) is 0 Å². The zero-order valence-corrected chi connectivity index (χ0v) is 19.4. The summed E-state index contributed by atoms with van der Waals surface area (Å²) in [5.41, 5.74) is 2.65. The van der Waals surface area contributed by atoms with Crippen molar-refractivity contribution in [3.05, 3.63) is 59.7 Å². The summed E-state index contributed by atoms with van der Waals surface area (Å²) in [5.74, 6) is 1.06. The van der Waals surface area contributed by atoms with Gasteiger partial charge in [-0.25, -0.2) is 0 Å². The van der Waals surface area contributed by atoms with Gasteiger partial charge in [-0.3, -0.25) is 9.59 Å². The summed E-state index contributed by atoms with van der Waals surface area (Å²) < 4.78 is 10.5. The van der Waals surface area contributed by atoms with Crippen LogP contribution in [0.15, 0.2) is 59.0 Å². The van der Waals surface area contributed by atoms with E-state index in [0.717, 1.165) is 24.2 Å². The van der Waals surface area contributed by atoms with Crippen molar-refractivity contribution in [1.82, 2.24) is 5.32 Å². The lowest BCUT2D eigenvalue weighted by Crippen LogP contribution is -2.25. The van der Waals surface area contributed by atoms with Gasteiger partial charge in [0.25, 0.3) is 5.91 Å². The van der Waals surface area contributed by atoms with Gasteiger partial charge in [0.15, 0.2) is 11.5 Å². The van der Waals surface area contributed by atoms with Crippen LogP contribution in [0.25, 0.3) is 0 Å². The van der Waals surface area contributed by atoms with E-state index in [1.54, 1.807) is 38.5 Å². The summed E-state index contributed by atoms with van der Waals surface area (Å²) >= 11 is 1.34. The van der Waals surface area contributed by atoms with Crippen molar-refractivity contribution in [1.29, 1.82) is 0 Å². The Balaban J connectivity index is 1.53. The molecule has 2 aromatic carbocycles. The van der Waals surface area contributed by atoms with Gasteiger partial charge in [-0.2, -0.15) is 0 Å². The standard InChI is InChI=1S/C25H30N2O4S/c1-30-21-13-12-19(16-22(21)31-2)27-24(28)17-32-23-11-7-6-10-20(23)25(29)26-15-14-18-8-4-3-5-9-18/h6-8,10-13,16H,3-5,9,14-15,17H2,1-2H3,(H,26,29)(H,27,28). The summed E-state index contributed by atoms with van der Waals surface area (Å²) in [5, 5.41) is 5.87. The molecule has 170 valence electrons. The third-order valence-electron chi connectivity index (χ3n) is 5.27. The molecule has 3 rings (SSSR count). The fourth-order valence-corrected chi connectivity index (χ4v) is 4.45. The van der Waals surface area contributed by atoms with Crippen molar-refractivity contribution in [3.63, 3.8) is 0 Å². The highest BCUT2D eigenvalue weighted by Crippen LogP contribution is 2.30. The SMILES string of the molecule is COc1ccc(NC(=O)CSc2ccccc2C(=O)NCCC2=CCCCC2)cc1OC. The van der Waals surface area contributed by atoms with E-state index in [-0.39, 0.29) is 17.6 Å². The van der Waals surface area contributed by atoms with Crippen LogP contribution < -0.4 is 20.1 Å². The molecule has 1 aliphatic rings. The monoisotopic (exact) mass is 454 g/mol. The first-order valence-corrected chi connectivity index (χ1v) is 11.8. The minimum absolute atomic E-state index is 0.107. The number of nitrogens with one attached hydrogen (secondary N) is 2. The normalized spacial score (nSPS) is 13.1. The topological polar surface area (TPSA) is 76.7 Å². The molecular weight excluding hydrogens is 424 g/mol. The third kappa shape index (κ3) is 6.79. The molecule has 6 nitrogen and oxygen atoms in total. The number of methoxy groups -OCH3 is 2. The Morgan fingerprint density at radius 1 is 1.03 bits per heavy atom. The van der Waals surface area contributed by atoms with Crippen molar-refractivity contribution in [2.75, 3.05) is 31.8 Å². The molecule has 0 saturated heterocycles. The van der Waals surface area contributed by atoms with Gasteiger partial charge in [0.2, 0.25) is 5.91 Å². The third-order valence-corrected chi connectivity index (χ3v) is 6.35. The van der Waals surface area contributed by atoms with Crippen LogP contribution in [0.4, 0.5) is 5.69 Å². The number of carbonyl (C=O) groups is 2. The van der Waals surface area contributed by atoms with E-state index >= 15 is 0 Å². The van der Waals surface area contributed by atoms with Gasteiger partial charge in [0.05, 0.1) is 25.5 Å². The second kappa shape index (κ2) is 12.2. The van der Waals surface area contributed by atoms with Crippen molar-refractivity contribution in [2.45, 2.75) is 37.0 Å². The molecular formula is C25H30N2O4S. The summed E-state index contributed by atoms with van der Waals surface area (Å²) in [6, 6.07) is 12.6. The maximum Gasteiger partial charge on any atom is 0.252 e. The second-order valence-corrected chi connectivity index (χ2v) is 8.53. The van der Waals surface area contributed by atoms with Crippen LogP contribution in [-0.2, 0) is 4.79 Å². The van der Waals surface area contributed by atoms with Crippen molar-refractivity contribution in [2.24, 2.45) is 0 Å². The Bertz CT molecular complexity index is 974. The molecule has 0 bridgehead atoms. The number of anilines is 1. The molecule has 0 aliphatic heterocycles. The molecule has 1 aliphatic carbocycles. The maximum absolute atomic E-state index is 12.7. The molecule has 2 amide bonds. The van der Waals surface area contributed by atoms with Crippen LogP contribution in [0.2, 0.25) is 0 Å². The number of benzene rings is 2. The van der Waals surface area contributed by atoms with E-state index < -0.39 is 0 Å². The molecule has 0 aromatic heterocycles. The zero-order valence-electron chi connectivity index (χ0n) is 18.6. The van der Waals surface area contributed by atoms with Crippen LogP contribution in [-0.4, -0.2) is 38.3 Å². The molecule has 0 radical (unpaired) electrons. The number of ether oxygens (including phenoxy) is 2. The zero-order chi connectivity index (χ0) is 22.8. The molecule has 2 N–H and O–H groups in total. The van der Waals surface area contributed by atoms with E-state index in [0.29, 0.717) is 29.3 Å². The molecule has 0 atom stereocenters. The minimum atomic E-state index is -0.165. The first kappa shape index (κ1) is 23.7. The van der Waals surface area contributed by atoms with Gasteiger partial charge in [0, 0.05) is 23.2 Å². The summed E-state index contributed by atoms with van der Waals surface area (Å²) in [4.78, 5) is 25.9. The molecule has 0 spiro atoms. The number of thioether (sulfide) groups is 1. The van der Waals surface area contributed by atoms with Gasteiger partial charge >= 0.3 is 0 Å². The maximum atomic E-state index is 12.7. The number of hydrogen-bond donors (Lipinski definition) is 2. The van der Waals surface area contributed by atoms with E-state index in [1.807, 2.05) is 18.2 Å². The second-order valence-electron chi connectivity index (χ2n) is 7.52. The molecule has 2 aromatic rings. The number of amides is 2. The van der Waals surface area contributed by atoms with E-state index in [2.05, 4.69) is 16.7 Å². The Labute approximate surface area is 193 Å². The van der Waals surface area contributed by atoms with Gasteiger partial charge < -0.3 is 20.1 Å². The molecule has 7 heteroatoms. The Hall–Kier alpha value is -2.93. The van der Waals surface area contributed by atoms with Crippen LogP contribution in [0, 0.1) is 0 Å². The van der Waals surface area contributed by atoms with Gasteiger partial charge in [0.1, 0.15) is 0 Å². The van der Waals surface area contributed by atoms with E-state index in [4.69, 9.17) is 9.47 Å². The fourth-order valence-electron chi connectivity index (χ4n) is 3.60. The van der Waals surface area contributed by atoms with Crippen LogP contribution in [0.1, 0.15) is 42.5 Å². The van der Waals surface area contributed by atoms with Crippen LogP contribution >= 0.6 is 11.8 Å². The lowest BCUT2D eigenvalue weighted by Gasteiger charge is -2.14. The number of rotatable bonds is 10. The summed E-state index contributed by atoms with van der Waals surface area (Å²) in [7, 11) is 3.11. The van der Waals surface area contributed by atoms with E-state index in [1.165, 1.54) is 30.2 Å². The van der Waals surface area contributed by atoms with Gasteiger partial charge in [-0.05, 0) is 56.4 Å². The highest BCUT2D eigenvalue weighted by atomic mass is 32.2. The smallest absolute Gasteiger partial charge is 0.252 e. The molecule has 0 heterocycles. The molecule has 0 unspecified atom stereocenters. The summed E-state index contributed by atoms with van der Waals surface area (Å²) in [6.45, 7) is 0.628. The summed E-state index contributed by atoms with van der Waals surface area (Å²) in [6.07, 6.45) is 7.99. The van der Waals surface area contributed by atoms with E-state index in [9.17, 15) is 9.59 Å². The molecule has 0 saturated carbocycles. The lowest BCUT2D eigenvalue weighted by atomic mass is 9.97. The molecule has 0 fully saturated rings. The number of carbonyl (C=O) groups excluding carboxylic acids is 2. The van der Waals surface area contributed by atoms with Crippen molar-refractivity contribution in [3.8, 4) is 11.5 Å². The highest BCUT2D eigenvalue weighted by molar-refractivity contribution is 8.00. The van der Waals surface area contributed by atoms with Gasteiger partial charge in [-0.1, -0.05) is 23.8 Å². The first-order valence-electron chi connectivity index (χ1n) is 10.8. The minimum Gasteiger partial charge on any atom is -0.493 e. The lowest BCUT2D eigenvalue weighted by molar-refractivity contribution is -0.113.